The first-order valence-corrected chi connectivity index (χ1v) is 8.94. The van der Waals surface area contributed by atoms with Crippen LogP contribution in [-0.2, 0) is 4.79 Å². The maximum atomic E-state index is 12.3. The summed E-state index contributed by atoms with van der Waals surface area (Å²) in [4.78, 5) is 25.3. The van der Waals surface area contributed by atoms with Crippen molar-refractivity contribution in [1.82, 2.24) is 9.97 Å². The number of carbonyl (C=O) groups is 1. The highest BCUT2D eigenvalue weighted by Gasteiger charge is 2.18. The van der Waals surface area contributed by atoms with E-state index < -0.39 is 0 Å². The van der Waals surface area contributed by atoms with Crippen molar-refractivity contribution < 1.29 is 4.79 Å². The fourth-order valence-electron chi connectivity index (χ4n) is 2.78. The Hall–Kier alpha value is -2.60. The molecule has 1 fully saturated rings. The average Bonchev–Trinajstić information content (AvgIpc) is 3.16. The molecule has 0 saturated carbocycles. The van der Waals surface area contributed by atoms with Gasteiger partial charge in [-0.1, -0.05) is 23.7 Å². The number of amides is 1. The predicted octanol–water partition coefficient (Wildman–Crippen LogP) is 3.45. The molecular weight excluding hydrogens is 350 g/mol. The van der Waals surface area contributed by atoms with Gasteiger partial charge in [0, 0.05) is 38.3 Å². The Morgan fingerprint density at radius 2 is 1.92 bits per heavy atom. The van der Waals surface area contributed by atoms with Crippen molar-refractivity contribution in [3.05, 3.63) is 47.1 Å². The number of benzene rings is 1. The molecule has 6 nitrogen and oxygen atoms in total. The fraction of sp³-hybridized carbons (Fsp3) is 0.316. The van der Waals surface area contributed by atoms with Crippen molar-refractivity contribution in [1.29, 1.82) is 0 Å². The van der Waals surface area contributed by atoms with Gasteiger partial charge >= 0.3 is 0 Å². The Bertz CT molecular complexity index is 798. The van der Waals surface area contributed by atoms with Crippen LogP contribution in [0.5, 0.6) is 0 Å². The van der Waals surface area contributed by atoms with Gasteiger partial charge in [-0.15, -0.1) is 0 Å². The molecule has 1 N–H and O–H groups in total. The van der Waals surface area contributed by atoms with E-state index in [1.165, 1.54) is 6.08 Å². The molecule has 136 valence electrons. The van der Waals surface area contributed by atoms with Gasteiger partial charge in [-0.3, -0.25) is 4.79 Å². The van der Waals surface area contributed by atoms with E-state index in [1.807, 2.05) is 31.1 Å². The van der Waals surface area contributed by atoms with Crippen LogP contribution in [0.2, 0.25) is 5.02 Å². The standard InChI is InChI=1S/C19H22ClN5O/c1-24(2)18-16(13-21-19(23-18)25-11-3-4-12-25)22-17(26)10-7-14-5-8-15(20)9-6-14/h5-10,13H,3-4,11-12H2,1-2H3,(H,22,26)/b10-7+. The SMILES string of the molecule is CN(C)c1nc(N2CCCC2)ncc1NC(=O)/C=C/c1ccc(Cl)cc1. The molecule has 2 aromatic rings. The average molecular weight is 372 g/mol. The summed E-state index contributed by atoms with van der Waals surface area (Å²) in [6, 6.07) is 7.28. The van der Waals surface area contributed by atoms with E-state index in [-0.39, 0.29) is 5.91 Å². The molecule has 1 aliphatic heterocycles. The highest BCUT2D eigenvalue weighted by atomic mass is 35.5. The molecule has 0 spiro atoms. The van der Waals surface area contributed by atoms with Crippen molar-refractivity contribution in [2.45, 2.75) is 12.8 Å². The van der Waals surface area contributed by atoms with Crippen LogP contribution in [-0.4, -0.2) is 43.1 Å². The second kappa shape index (κ2) is 8.19. The van der Waals surface area contributed by atoms with Gasteiger partial charge in [-0.2, -0.15) is 4.98 Å². The molecule has 0 aliphatic carbocycles. The summed E-state index contributed by atoms with van der Waals surface area (Å²) in [5.41, 5.74) is 1.49. The molecule has 0 atom stereocenters. The first kappa shape index (κ1) is 18.2. The molecule has 7 heteroatoms. The smallest absolute Gasteiger partial charge is 0.248 e. The summed E-state index contributed by atoms with van der Waals surface area (Å²) in [7, 11) is 3.80. The van der Waals surface area contributed by atoms with Crippen LogP contribution in [0.25, 0.3) is 6.08 Å². The van der Waals surface area contributed by atoms with Crippen LogP contribution >= 0.6 is 11.6 Å². The molecule has 0 radical (unpaired) electrons. The van der Waals surface area contributed by atoms with Crippen LogP contribution in [0.15, 0.2) is 36.5 Å². The lowest BCUT2D eigenvalue weighted by molar-refractivity contribution is -0.111. The van der Waals surface area contributed by atoms with Crippen molar-refractivity contribution in [3.63, 3.8) is 0 Å². The van der Waals surface area contributed by atoms with E-state index in [0.29, 0.717) is 22.5 Å². The minimum absolute atomic E-state index is 0.236. The number of aromatic nitrogens is 2. The minimum Gasteiger partial charge on any atom is -0.361 e. The molecule has 0 unspecified atom stereocenters. The molecule has 2 heterocycles. The van der Waals surface area contributed by atoms with Crippen LogP contribution in [0.4, 0.5) is 17.5 Å². The van der Waals surface area contributed by atoms with E-state index >= 15 is 0 Å². The summed E-state index contributed by atoms with van der Waals surface area (Å²) < 4.78 is 0. The van der Waals surface area contributed by atoms with Crippen molar-refractivity contribution in [2.24, 2.45) is 0 Å². The zero-order valence-corrected chi connectivity index (χ0v) is 15.7. The van der Waals surface area contributed by atoms with Crippen LogP contribution in [0.3, 0.4) is 0 Å². The molecule has 1 amide bonds. The fourth-order valence-corrected chi connectivity index (χ4v) is 2.91. The van der Waals surface area contributed by atoms with E-state index in [1.54, 1.807) is 24.4 Å². The van der Waals surface area contributed by atoms with Gasteiger partial charge in [-0.25, -0.2) is 4.98 Å². The number of nitrogens with one attached hydrogen (secondary N) is 1. The predicted molar refractivity (Wildman–Crippen MR) is 107 cm³/mol. The maximum absolute atomic E-state index is 12.3. The largest absolute Gasteiger partial charge is 0.361 e. The van der Waals surface area contributed by atoms with Crippen LogP contribution in [0, 0.1) is 0 Å². The summed E-state index contributed by atoms with van der Waals surface area (Å²) in [6.07, 6.45) is 7.21. The first-order valence-electron chi connectivity index (χ1n) is 8.57. The lowest BCUT2D eigenvalue weighted by Crippen LogP contribution is -2.23. The van der Waals surface area contributed by atoms with Gasteiger partial charge < -0.3 is 15.1 Å². The quantitative estimate of drug-likeness (QED) is 0.816. The first-order chi connectivity index (χ1) is 12.5. The second-order valence-corrected chi connectivity index (χ2v) is 6.81. The highest BCUT2D eigenvalue weighted by Crippen LogP contribution is 2.25. The monoisotopic (exact) mass is 371 g/mol. The van der Waals surface area contributed by atoms with Gasteiger partial charge in [0.25, 0.3) is 0 Å². The summed E-state index contributed by atoms with van der Waals surface area (Å²) in [6.45, 7) is 1.95. The Morgan fingerprint density at radius 3 is 2.58 bits per heavy atom. The number of hydrogen-bond acceptors (Lipinski definition) is 5. The highest BCUT2D eigenvalue weighted by molar-refractivity contribution is 6.30. The Kier molecular flexibility index (Phi) is 5.73. The lowest BCUT2D eigenvalue weighted by atomic mass is 10.2. The summed E-state index contributed by atoms with van der Waals surface area (Å²) in [5.74, 6) is 1.16. The van der Waals surface area contributed by atoms with E-state index in [9.17, 15) is 4.79 Å². The Balaban J connectivity index is 1.73. The third-order valence-corrected chi connectivity index (χ3v) is 4.38. The molecule has 26 heavy (non-hydrogen) atoms. The second-order valence-electron chi connectivity index (χ2n) is 6.37. The van der Waals surface area contributed by atoms with E-state index in [2.05, 4.69) is 20.2 Å². The molecule has 1 aliphatic rings. The van der Waals surface area contributed by atoms with Crippen LogP contribution < -0.4 is 15.1 Å². The number of anilines is 3. The third-order valence-electron chi connectivity index (χ3n) is 4.12. The van der Waals surface area contributed by atoms with Gasteiger partial charge in [-0.05, 0) is 36.6 Å². The van der Waals surface area contributed by atoms with Crippen LogP contribution in [0.1, 0.15) is 18.4 Å². The van der Waals surface area contributed by atoms with E-state index in [4.69, 9.17) is 11.6 Å². The van der Waals surface area contributed by atoms with Gasteiger partial charge in [0.15, 0.2) is 5.82 Å². The van der Waals surface area contributed by atoms with E-state index in [0.717, 1.165) is 31.5 Å². The summed E-state index contributed by atoms with van der Waals surface area (Å²) >= 11 is 5.86. The molecule has 3 rings (SSSR count). The molecule has 1 aromatic carbocycles. The lowest BCUT2D eigenvalue weighted by Gasteiger charge is -2.20. The van der Waals surface area contributed by atoms with Gasteiger partial charge in [0.05, 0.1) is 6.20 Å². The van der Waals surface area contributed by atoms with Crippen molar-refractivity contribution in [2.75, 3.05) is 42.3 Å². The zero-order chi connectivity index (χ0) is 18.5. The Morgan fingerprint density at radius 1 is 1.23 bits per heavy atom. The number of rotatable bonds is 5. The topological polar surface area (TPSA) is 61.4 Å². The minimum atomic E-state index is -0.236. The molecule has 0 bridgehead atoms. The number of nitrogens with zero attached hydrogens (tertiary/aromatic N) is 4. The number of halogens is 1. The molecule has 1 aromatic heterocycles. The van der Waals surface area contributed by atoms with Crippen molar-refractivity contribution in [3.8, 4) is 0 Å². The zero-order valence-electron chi connectivity index (χ0n) is 14.9. The molecule has 1 saturated heterocycles. The normalized spacial score (nSPS) is 14.0. The number of carbonyl (C=O) groups excluding carboxylic acids is 1. The number of hydrogen-bond donors (Lipinski definition) is 1. The van der Waals surface area contributed by atoms with Gasteiger partial charge in [0.1, 0.15) is 5.69 Å². The molecular formula is C19H22ClN5O. The van der Waals surface area contributed by atoms with Crippen molar-refractivity contribution >= 4 is 41.0 Å². The summed E-state index contributed by atoms with van der Waals surface area (Å²) in [5, 5.41) is 3.52. The van der Waals surface area contributed by atoms with Gasteiger partial charge in [0.2, 0.25) is 11.9 Å². The Labute approximate surface area is 158 Å². The third kappa shape index (κ3) is 4.52. The maximum Gasteiger partial charge on any atom is 0.248 e.